The van der Waals surface area contributed by atoms with Crippen LogP contribution in [0.1, 0.15) is 55.2 Å². The quantitative estimate of drug-likeness (QED) is 0.884. The van der Waals surface area contributed by atoms with Gasteiger partial charge in [0.25, 0.3) is 0 Å². The fraction of sp³-hybridized carbons (Fsp3) is 0.786. The van der Waals surface area contributed by atoms with Crippen molar-refractivity contribution >= 4 is 11.3 Å². The molecule has 1 aromatic heterocycles. The summed E-state index contributed by atoms with van der Waals surface area (Å²) in [5, 5.41) is 4.98. The van der Waals surface area contributed by atoms with Gasteiger partial charge in [0.1, 0.15) is 0 Å². The minimum atomic E-state index is 0.443. The molecule has 0 amide bonds. The Balaban J connectivity index is 2.02. The van der Waals surface area contributed by atoms with Gasteiger partial charge in [0, 0.05) is 17.0 Å². The van der Waals surface area contributed by atoms with Gasteiger partial charge in [-0.2, -0.15) is 0 Å². The molecule has 1 saturated carbocycles. The highest BCUT2D eigenvalue weighted by molar-refractivity contribution is 7.11. The van der Waals surface area contributed by atoms with Crippen LogP contribution >= 0.6 is 11.3 Å². The maximum Gasteiger partial charge on any atom is 0.0900 e. The summed E-state index contributed by atoms with van der Waals surface area (Å²) in [5.41, 5.74) is 1.20. The largest absolute Gasteiger partial charge is 0.306 e. The van der Waals surface area contributed by atoms with Gasteiger partial charge in [0.2, 0.25) is 0 Å². The Kier molecular flexibility index (Phi) is 3.88. The second-order valence-electron chi connectivity index (χ2n) is 5.59. The van der Waals surface area contributed by atoms with Crippen LogP contribution in [0.3, 0.4) is 0 Å². The van der Waals surface area contributed by atoms with Crippen LogP contribution in [-0.2, 0) is 0 Å². The summed E-state index contributed by atoms with van der Waals surface area (Å²) in [7, 11) is 0. The lowest BCUT2D eigenvalue weighted by Crippen LogP contribution is -2.34. The van der Waals surface area contributed by atoms with Crippen molar-refractivity contribution in [3.8, 4) is 0 Å². The van der Waals surface area contributed by atoms with Gasteiger partial charge in [-0.15, -0.1) is 11.3 Å². The van der Waals surface area contributed by atoms with Crippen LogP contribution in [0.4, 0.5) is 0 Å². The molecular formula is C14H24N2S. The number of nitrogens with zero attached hydrogens (tertiary/aromatic N) is 1. The second-order valence-corrected chi connectivity index (χ2v) is 6.83. The molecule has 1 aliphatic carbocycles. The van der Waals surface area contributed by atoms with Gasteiger partial charge in [0.05, 0.1) is 10.7 Å². The molecule has 3 heteroatoms. The molecule has 1 aliphatic rings. The van der Waals surface area contributed by atoms with Crippen LogP contribution in [-0.4, -0.2) is 11.0 Å². The predicted molar refractivity (Wildman–Crippen MR) is 74.5 cm³/mol. The normalized spacial score (nSPS) is 30.8. The Hall–Kier alpha value is -0.410. The van der Waals surface area contributed by atoms with E-state index in [0.29, 0.717) is 12.1 Å². The summed E-state index contributed by atoms with van der Waals surface area (Å²) in [6, 6.07) is 1.13. The molecule has 0 saturated heterocycles. The van der Waals surface area contributed by atoms with Gasteiger partial charge in [-0.25, -0.2) is 4.98 Å². The molecule has 0 bridgehead atoms. The monoisotopic (exact) mass is 252 g/mol. The van der Waals surface area contributed by atoms with Crippen molar-refractivity contribution in [2.75, 3.05) is 0 Å². The maximum atomic E-state index is 4.52. The molecule has 4 unspecified atom stereocenters. The zero-order valence-electron chi connectivity index (χ0n) is 11.6. The highest BCUT2D eigenvalue weighted by atomic mass is 32.1. The average Bonchev–Trinajstić information content (AvgIpc) is 2.75. The topological polar surface area (TPSA) is 24.9 Å². The first-order chi connectivity index (χ1) is 7.99. The molecule has 1 heterocycles. The molecule has 2 nitrogen and oxygen atoms in total. The number of hydrogen-bond acceptors (Lipinski definition) is 3. The van der Waals surface area contributed by atoms with E-state index in [-0.39, 0.29) is 0 Å². The summed E-state index contributed by atoms with van der Waals surface area (Å²) in [6.07, 6.45) is 2.69. The fourth-order valence-electron chi connectivity index (χ4n) is 2.95. The molecule has 2 rings (SSSR count). The van der Waals surface area contributed by atoms with Gasteiger partial charge in [-0.05, 0) is 45.4 Å². The molecule has 0 aliphatic heterocycles. The lowest BCUT2D eigenvalue weighted by Gasteiger charge is -2.24. The lowest BCUT2D eigenvalue weighted by molar-refractivity contribution is 0.348. The molecule has 1 N–H and O–H groups in total. The Morgan fingerprint density at radius 3 is 2.47 bits per heavy atom. The van der Waals surface area contributed by atoms with Crippen molar-refractivity contribution in [2.45, 2.75) is 59.5 Å². The van der Waals surface area contributed by atoms with E-state index in [0.717, 1.165) is 11.8 Å². The average molecular weight is 252 g/mol. The smallest absolute Gasteiger partial charge is 0.0900 e. The van der Waals surface area contributed by atoms with Crippen molar-refractivity contribution in [3.05, 3.63) is 15.6 Å². The van der Waals surface area contributed by atoms with E-state index >= 15 is 0 Å². The molecule has 0 radical (unpaired) electrons. The van der Waals surface area contributed by atoms with E-state index in [1.807, 2.05) is 11.3 Å². The summed E-state index contributed by atoms with van der Waals surface area (Å²) in [4.78, 5) is 5.93. The first-order valence-electron chi connectivity index (χ1n) is 6.69. The second kappa shape index (κ2) is 5.07. The highest BCUT2D eigenvalue weighted by Crippen LogP contribution is 2.33. The van der Waals surface area contributed by atoms with Crippen molar-refractivity contribution < 1.29 is 0 Å². The van der Waals surface area contributed by atoms with Crippen LogP contribution in [0, 0.1) is 25.7 Å². The molecule has 96 valence electrons. The Morgan fingerprint density at radius 1 is 1.29 bits per heavy atom. The van der Waals surface area contributed by atoms with Gasteiger partial charge in [-0.1, -0.05) is 13.8 Å². The number of nitrogens with one attached hydrogen (secondary N) is 1. The van der Waals surface area contributed by atoms with E-state index < -0.39 is 0 Å². The minimum absolute atomic E-state index is 0.443. The Bertz CT molecular complexity index is 386. The van der Waals surface area contributed by atoms with Crippen LogP contribution in [0.5, 0.6) is 0 Å². The molecular weight excluding hydrogens is 228 g/mol. The van der Waals surface area contributed by atoms with Crippen molar-refractivity contribution in [2.24, 2.45) is 11.8 Å². The molecule has 4 atom stereocenters. The van der Waals surface area contributed by atoms with E-state index in [9.17, 15) is 0 Å². The number of thiazole rings is 1. The Labute approximate surface area is 109 Å². The SMILES string of the molecule is Cc1nc(C)c(C(C)NC2CCC(C)C2C)s1. The van der Waals surface area contributed by atoms with Crippen LogP contribution in [0.2, 0.25) is 0 Å². The van der Waals surface area contributed by atoms with Gasteiger partial charge in [0.15, 0.2) is 0 Å². The highest BCUT2D eigenvalue weighted by Gasteiger charge is 2.31. The van der Waals surface area contributed by atoms with Gasteiger partial charge in [-0.3, -0.25) is 0 Å². The Morgan fingerprint density at radius 2 is 2.00 bits per heavy atom. The maximum absolute atomic E-state index is 4.52. The molecule has 1 aromatic rings. The first-order valence-corrected chi connectivity index (χ1v) is 7.50. The van der Waals surface area contributed by atoms with E-state index in [4.69, 9.17) is 0 Å². The van der Waals surface area contributed by atoms with Gasteiger partial charge < -0.3 is 5.32 Å². The standard InChI is InChI=1S/C14H24N2S/c1-8-6-7-13(9(8)2)16-11(4)14-10(3)15-12(5)17-14/h8-9,11,13,16H,6-7H2,1-5H3. The summed E-state index contributed by atoms with van der Waals surface area (Å²) >= 11 is 1.83. The molecule has 0 aromatic carbocycles. The molecule has 1 fully saturated rings. The van der Waals surface area contributed by atoms with Crippen molar-refractivity contribution in [1.82, 2.24) is 10.3 Å². The molecule has 17 heavy (non-hydrogen) atoms. The van der Waals surface area contributed by atoms with Crippen LogP contribution < -0.4 is 5.32 Å². The fourth-order valence-corrected chi connectivity index (χ4v) is 3.88. The first kappa shape index (κ1) is 13.0. The summed E-state index contributed by atoms with van der Waals surface area (Å²) < 4.78 is 0. The van der Waals surface area contributed by atoms with Crippen LogP contribution in [0.25, 0.3) is 0 Å². The third kappa shape index (κ3) is 2.71. The number of rotatable bonds is 3. The van der Waals surface area contributed by atoms with Crippen molar-refractivity contribution in [3.63, 3.8) is 0 Å². The molecule has 0 spiro atoms. The zero-order valence-corrected chi connectivity index (χ0v) is 12.4. The lowest BCUT2D eigenvalue weighted by atomic mass is 9.97. The summed E-state index contributed by atoms with van der Waals surface area (Å²) in [5.74, 6) is 1.66. The van der Waals surface area contributed by atoms with E-state index in [1.54, 1.807) is 0 Å². The van der Waals surface area contributed by atoms with E-state index in [1.165, 1.54) is 28.4 Å². The number of aromatic nitrogens is 1. The third-order valence-corrected chi connectivity index (χ3v) is 5.52. The number of hydrogen-bond donors (Lipinski definition) is 1. The van der Waals surface area contributed by atoms with Crippen LogP contribution in [0.15, 0.2) is 0 Å². The predicted octanol–water partition coefficient (Wildman–Crippen LogP) is 3.85. The zero-order chi connectivity index (χ0) is 12.6. The van der Waals surface area contributed by atoms with E-state index in [2.05, 4.69) is 44.9 Å². The summed E-state index contributed by atoms with van der Waals surface area (Å²) in [6.45, 7) is 11.2. The number of aryl methyl sites for hydroxylation is 2. The van der Waals surface area contributed by atoms with Gasteiger partial charge >= 0.3 is 0 Å². The third-order valence-electron chi connectivity index (χ3n) is 4.26. The van der Waals surface area contributed by atoms with Crippen molar-refractivity contribution in [1.29, 1.82) is 0 Å². The minimum Gasteiger partial charge on any atom is -0.306 e.